The summed E-state index contributed by atoms with van der Waals surface area (Å²) in [4.78, 5) is 19.3. The van der Waals surface area contributed by atoms with Crippen molar-refractivity contribution in [3.63, 3.8) is 0 Å². The number of rotatable bonds is 8. The van der Waals surface area contributed by atoms with Crippen LogP contribution >= 0.6 is 12.2 Å². The van der Waals surface area contributed by atoms with E-state index < -0.39 is 0 Å². The minimum absolute atomic E-state index is 0.0237. The van der Waals surface area contributed by atoms with Gasteiger partial charge in [0.15, 0.2) is 5.11 Å². The van der Waals surface area contributed by atoms with Crippen LogP contribution in [0.1, 0.15) is 17.5 Å². The summed E-state index contributed by atoms with van der Waals surface area (Å²) in [7, 11) is 4.06. The smallest absolute Gasteiger partial charge is 0.253 e. The van der Waals surface area contributed by atoms with Crippen molar-refractivity contribution in [1.29, 1.82) is 0 Å². The Kier molecular flexibility index (Phi) is 7.56. The number of fused-ring (bicyclic) bond motifs is 1. The maximum Gasteiger partial charge on any atom is 0.253 e. The number of pyridine rings is 1. The highest BCUT2D eigenvalue weighted by atomic mass is 32.1. The van der Waals surface area contributed by atoms with Gasteiger partial charge >= 0.3 is 0 Å². The SMILES string of the molecule is Cc1ccc2[nH]c(=O)c(CN(CCO)C(=S)NCCCN(C)C)cc2c1. The van der Waals surface area contributed by atoms with Gasteiger partial charge in [-0.1, -0.05) is 11.6 Å². The number of nitrogens with one attached hydrogen (secondary N) is 2. The highest BCUT2D eigenvalue weighted by molar-refractivity contribution is 7.80. The lowest BCUT2D eigenvalue weighted by Gasteiger charge is -2.25. The lowest BCUT2D eigenvalue weighted by Crippen LogP contribution is -2.42. The zero-order valence-corrected chi connectivity index (χ0v) is 16.5. The number of benzene rings is 1. The molecule has 7 heteroatoms. The molecular weight excluding hydrogens is 348 g/mol. The van der Waals surface area contributed by atoms with E-state index in [1.165, 1.54) is 0 Å². The quantitative estimate of drug-likeness (QED) is 0.479. The van der Waals surface area contributed by atoms with Crippen molar-refractivity contribution in [1.82, 2.24) is 20.1 Å². The van der Waals surface area contributed by atoms with Crippen molar-refractivity contribution in [3.8, 4) is 0 Å². The first kappa shape index (κ1) is 20.4. The molecule has 0 spiro atoms. The third-order valence-corrected chi connectivity index (χ3v) is 4.56. The molecule has 6 nitrogen and oxygen atoms in total. The molecule has 26 heavy (non-hydrogen) atoms. The second-order valence-electron chi connectivity index (χ2n) is 6.75. The average Bonchev–Trinajstić information content (AvgIpc) is 2.58. The van der Waals surface area contributed by atoms with Crippen molar-refractivity contribution < 1.29 is 5.11 Å². The number of aryl methyl sites for hydroxylation is 1. The molecule has 0 saturated heterocycles. The highest BCUT2D eigenvalue weighted by Gasteiger charge is 2.13. The molecule has 3 N–H and O–H groups in total. The van der Waals surface area contributed by atoms with Crippen LogP contribution in [0, 0.1) is 6.92 Å². The van der Waals surface area contributed by atoms with Gasteiger partial charge in [0.25, 0.3) is 5.56 Å². The van der Waals surface area contributed by atoms with Crippen LogP contribution in [0.2, 0.25) is 0 Å². The zero-order valence-electron chi connectivity index (χ0n) is 15.7. The van der Waals surface area contributed by atoms with Gasteiger partial charge in [0.05, 0.1) is 13.2 Å². The fraction of sp³-hybridized carbons (Fsp3) is 0.474. The van der Waals surface area contributed by atoms with Gasteiger partial charge in [-0.05, 0) is 69.8 Å². The van der Waals surface area contributed by atoms with Crippen LogP contribution in [0.5, 0.6) is 0 Å². The first-order valence-electron chi connectivity index (χ1n) is 8.81. The van der Waals surface area contributed by atoms with Gasteiger partial charge in [-0.3, -0.25) is 4.79 Å². The number of hydrogen-bond acceptors (Lipinski definition) is 4. The second kappa shape index (κ2) is 9.66. The third kappa shape index (κ3) is 5.79. The maximum absolute atomic E-state index is 12.4. The Labute approximate surface area is 159 Å². The van der Waals surface area contributed by atoms with Gasteiger partial charge in [-0.15, -0.1) is 0 Å². The normalized spacial score (nSPS) is 11.1. The van der Waals surface area contributed by atoms with Gasteiger partial charge < -0.3 is 25.2 Å². The van der Waals surface area contributed by atoms with Gasteiger partial charge in [0.2, 0.25) is 0 Å². The number of aromatic amines is 1. The van der Waals surface area contributed by atoms with Crippen LogP contribution < -0.4 is 10.9 Å². The molecule has 1 aromatic heterocycles. The predicted molar refractivity (Wildman–Crippen MR) is 111 cm³/mol. The average molecular weight is 377 g/mol. The van der Waals surface area contributed by atoms with Crippen molar-refractivity contribution in [2.45, 2.75) is 19.9 Å². The second-order valence-corrected chi connectivity index (χ2v) is 7.14. The topological polar surface area (TPSA) is 71.6 Å². The minimum atomic E-state index is -0.125. The van der Waals surface area contributed by atoms with Crippen LogP contribution in [0.4, 0.5) is 0 Å². The fourth-order valence-electron chi connectivity index (χ4n) is 2.77. The van der Waals surface area contributed by atoms with E-state index in [4.69, 9.17) is 12.2 Å². The molecule has 0 amide bonds. The van der Waals surface area contributed by atoms with E-state index in [-0.39, 0.29) is 12.2 Å². The van der Waals surface area contributed by atoms with Crippen molar-refractivity contribution in [2.24, 2.45) is 0 Å². The molecule has 0 aliphatic carbocycles. The van der Waals surface area contributed by atoms with Crippen LogP contribution in [-0.4, -0.2) is 65.3 Å². The molecule has 0 aliphatic heterocycles. The van der Waals surface area contributed by atoms with Crippen molar-refractivity contribution in [3.05, 3.63) is 45.7 Å². The van der Waals surface area contributed by atoms with Crippen molar-refractivity contribution >= 4 is 28.2 Å². The molecule has 1 aromatic carbocycles. The Morgan fingerprint density at radius 2 is 2.04 bits per heavy atom. The predicted octanol–water partition coefficient (Wildman–Crippen LogP) is 1.46. The summed E-state index contributed by atoms with van der Waals surface area (Å²) in [6.07, 6.45) is 0.968. The summed E-state index contributed by atoms with van der Waals surface area (Å²) in [5.74, 6) is 0. The molecule has 0 atom stereocenters. The van der Waals surface area contributed by atoms with E-state index >= 15 is 0 Å². The van der Waals surface area contributed by atoms with E-state index in [9.17, 15) is 9.90 Å². The Morgan fingerprint density at radius 3 is 2.73 bits per heavy atom. The number of aliphatic hydroxyl groups is 1. The van der Waals surface area contributed by atoms with E-state index in [0.29, 0.717) is 23.8 Å². The lowest BCUT2D eigenvalue weighted by molar-refractivity contribution is 0.245. The number of H-pyrrole nitrogens is 1. The van der Waals surface area contributed by atoms with Gasteiger partial charge in [-0.2, -0.15) is 0 Å². The van der Waals surface area contributed by atoms with Crippen molar-refractivity contribution in [2.75, 3.05) is 40.3 Å². The molecule has 0 aliphatic rings. The van der Waals surface area contributed by atoms with Crippen LogP contribution in [0.3, 0.4) is 0 Å². The first-order chi connectivity index (χ1) is 12.4. The van der Waals surface area contributed by atoms with E-state index in [2.05, 4.69) is 15.2 Å². The number of nitrogens with zero attached hydrogens (tertiary/aromatic N) is 2. The van der Waals surface area contributed by atoms with E-state index in [1.54, 1.807) is 0 Å². The van der Waals surface area contributed by atoms with E-state index in [0.717, 1.165) is 36.0 Å². The standard InChI is InChI=1S/C19H28N4O2S/c1-14-5-6-17-15(11-14)12-16(18(25)21-17)13-23(9-10-24)19(26)20-7-4-8-22(2)3/h5-6,11-12,24H,4,7-10,13H2,1-3H3,(H,20,26)(H,21,25). The van der Waals surface area contributed by atoms with Gasteiger partial charge in [0.1, 0.15) is 0 Å². The minimum Gasteiger partial charge on any atom is -0.395 e. The van der Waals surface area contributed by atoms with Gasteiger partial charge in [-0.25, -0.2) is 0 Å². The molecule has 0 bridgehead atoms. The molecule has 2 rings (SSSR count). The molecule has 0 radical (unpaired) electrons. The lowest BCUT2D eigenvalue weighted by atomic mass is 10.1. The Balaban J connectivity index is 2.11. The van der Waals surface area contributed by atoms with Crippen LogP contribution in [0.25, 0.3) is 10.9 Å². The number of aliphatic hydroxyl groups excluding tert-OH is 1. The summed E-state index contributed by atoms with van der Waals surface area (Å²) >= 11 is 5.46. The Morgan fingerprint density at radius 1 is 1.27 bits per heavy atom. The summed E-state index contributed by atoms with van der Waals surface area (Å²) in [6.45, 7) is 4.47. The molecular formula is C19H28N4O2S. The summed E-state index contributed by atoms with van der Waals surface area (Å²) in [6, 6.07) is 7.84. The molecule has 0 unspecified atom stereocenters. The van der Waals surface area contributed by atoms with Crippen LogP contribution in [0.15, 0.2) is 29.1 Å². The highest BCUT2D eigenvalue weighted by Crippen LogP contribution is 2.14. The van der Waals surface area contributed by atoms with Crippen LogP contribution in [-0.2, 0) is 6.54 Å². The zero-order chi connectivity index (χ0) is 19.1. The maximum atomic E-state index is 12.4. The third-order valence-electron chi connectivity index (χ3n) is 4.15. The summed E-state index contributed by atoms with van der Waals surface area (Å²) < 4.78 is 0. The fourth-order valence-corrected chi connectivity index (χ4v) is 3.03. The summed E-state index contributed by atoms with van der Waals surface area (Å²) in [5, 5.41) is 14.1. The van der Waals surface area contributed by atoms with E-state index in [1.807, 2.05) is 50.2 Å². The molecule has 142 valence electrons. The largest absolute Gasteiger partial charge is 0.395 e. The number of hydrogen-bond donors (Lipinski definition) is 3. The number of thiocarbonyl (C=S) groups is 1. The van der Waals surface area contributed by atoms with Gasteiger partial charge in [0, 0.05) is 24.2 Å². The monoisotopic (exact) mass is 376 g/mol. The molecule has 1 heterocycles. The Hall–Kier alpha value is -1.96. The number of aromatic nitrogens is 1. The molecule has 0 saturated carbocycles. The Bertz CT molecular complexity index is 804. The summed E-state index contributed by atoms with van der Waals surface area (Å²) in [5.41, 5.74) is 2.47. The molecule has 2 aromatic rings. The first-order valence-corrected chi connectivity index (χ1v) is 9.22. The molecule has 0 fully saturated rings.